The van der Waals surface area contributed by atoms with Crippen LogP contribution in [0, 0.1) is 0 Å². The molecule has 0 unspecified atom stereocenters. The van der Waals surface area contributed by atoms with Gasteiger partial charge in [0.15, 0.2) is 23.1 Å². The van der Waals surface area contributed by atoms with Gasteiger partial charge in [-0.05, 0) is 24.3 Å². The lowest BCUT2D eigenvalue weighted by Gasteiger charge is -1.99. The van der Waals surface area contributed by atoms with Crippen molar-refractivity contribution in [3.63, 3.8) is 0 Å². The topological polar surface area (TPSA) is 68.3 Å². The van der Waals surface area contributed by atoms with Crippen LogP contribution in [0.3, 0.4) is 0 Å². The minimum atomic E-state index is -0.425. The largest absolute Gasteiger partial charge is 0.290 e. The molecule has 0 radical (unpaired) electrons. The van der Waals surface area contributed by atoms with Crippen LogP contribution in [0.25, 0.3) is 0 Å². The molecule has 0 atom stereocenters. The minimum Gasteiger partial charge on any atom is -0.290 e. The van der Waals surface area contributed by atoms with Crippen LogP contribution in [0.4, 0.5) is 0 Å². The maximum absolute atomic E-state index is 10.6. The molecule has 0 amide bonds. The van der Waals surface area contributed by atoms with Crippen LogP contribution in [0.15, 0.2) is 46.5 Å². The van der Waals surface area contributed by atoms with Crippen LogP contribution in [0.2, 0.25) is 0 Å². The van der Waals surface area contributed by atoms with E-state index in [-0.39, 0.29) is 21.6 Å². The molecule has 2 rings (SSSR count). The van der Waals surface area contributed by atoms with Crippen LogP contribution >= 0.6 is 23.2 Å². The van der Waals surface area contributed by atoms with Crippen molar-refractivity contribution in [2.45, 2.75) is 0 Å². The summed E-state index contributed by atoms with van der Waals surface area (Å²) >= 11 is 10.6. The summed E-state index contributed by atoms with van der Waals surface area (Å²) in [7, 11) is 0. The van der Waals surface area contributed by atoms with Gasteiger partial charge < -0.3 is 0 Å². The van der Waals surface area contributed by atoms with Gasteiger partial charge in [-0.25, -0.2) is 0 Å². The molecule has 2 aliphatic carbocycles. The summed E-state index contributed by atoms with van der Waals surface area (Å²) in [5, 5.41) is -0.177. The zero-order valence-corrected chi connectivity index (χ0v) is 10.4. The van der Waals surface area contributed by atoms with Crippen molar-refractivity contribution in [1.82, 2.24) is 0 Å². The second-order valence-electron chi connectivity index (χ2n) is 3.18. The predicted octanol–water partition coefficient (Wildman–Crippen LogP) is 1.63. The molecule has 0 aliphatic heterocycles. The first-order valence-corrected chi connectivity index (χ1v) is 5.43. The number of hydrogen-bond acceptors (Lipinski definition) is 4. The van der Waals surface area contributed by atoms with Crippen molar-refractivity contribution >= 4 is 46.3 Å². The Morgan fingerprint density at radius 3 is 1.17 bits per heavy atom. The maximum Gasteiger partial charge on any atom is 0.198 e. The normalized spacial score (nSPS) is 18.1. The number of ketones is 4. The average Bonchev–Trinajstić information content (AvgIpc) is 2.31. The summed E-state index contributed by atoms with van der Waals surface area (Å²) in [5.41, 5.74) is 0. The van der Waals surface area contributed by atoms with Crippen LogP contribution < -0.4 is 0 Å². The Morgan fingerprint density at radius 1 is 0.611 bits per heavy atom. The van der Waals surface area contributed by atoms with E-state index < -0.39 is 11.6 Å². The molecule has 0 fully saturated rings. The van der Waals surface area contributed by atoms with Gasteiger partial charge in [0, 0.05) is 12.2 Å². The van der Waals surface area contributed by atoms with Crippen molar-refractivity contribution in [2.24, 2.45) is 0 Å². The first kappa shape index (κ1) is 14.3. The van der Waals surface area contributed by atoms with Gasteiger partial charge in [0.2, 0.25) is 0 Å². The van der Waals surface area contributed by atoms with Gasteiger partial charge in [-0.3, -0.25) is 19.2 Å². The number of carbonyl (C=O) groups is 4. The van der Waals surface area contributed by atoms with Crippen molar-refractivity contribution in [3.8, 4) is 0 Å². The Hall–Kier alpha value is -1.78. The lowest BCUT2D eigenvalue weighted by molar-refractivity contribution is -0.114. The quantitative estimate of drug-likeness (QED) is 0.634. The smallest absolute Gasteiger partial charge is 0.198 e. The molecule has 92 valence electrons. The first-order valence-electron chi connectivity index (χ1n) is 4.67. The highest BCUT2D eigenvalue weighted by molar-refractivity contribution is 6.53. The fourth-order valence-electron chi connectivity index (χ4n) is 0.950. The highest BCUT2D eigenvalue weighted by atomic mass is 35.5. The van der Waals surface area contributed by atoms with E-state index in [4.69, 9.17) is 23.2 Å². The number of halogens is 2. The summed E-state index contributed by atoms with van der Waals surface area (Å²) in [6, 6.07) is 0. The van der Waals surface area contributed by atoms with Gasteiger partial charge in [-0.2, -0.15) is 0 Å². The SMILES string of the molecule is O=C1C=C(Cl)C(=O)C=C1Cl.O=C1C=CC(=O)C=C1. The standard InChI is InChI=1S/C6H2Cl2O2.C6H4O2/c7-3-1-5(9)4(8)2-6(3)10;7-5-1-2-6(8)4-3-5/h1-2H;1-4H. The Bertz CT molecular complexity index is 484. The molecule has 0 heterocycles. The highest BCUT2D eigenvalue weighted by Gasteiger charge is 2.16. The second-order valence-corrected chi connectivity index (χ2v) is 4.00. The van der Waals surface area contributed by atoms with E-state index in [9.17, 15) is 19.2 Å². The Morgan fingerprint density at radius 2 is 0.889 bits per heavy atom. The Labute approximate surface area is 112 Å². The lowest BCUT2D eigenvalue weighted by atomic mass is 10.2. The van der Waals surface area contributed by atoms with Crippen molar-refractivity contribution in [1.29, 1.82) is 0 Å². The summed E-state index contributed by atoms with van der Waals surface area (Å²) in [6.45, 7) is 0. The zero-order valence-electron chi connectivity index (χ0n) is 8.85. The van der Waals surface area contributed by atoms with E-state index in [1.165, 1.54) is 24.3 Å². The molecule has 0 N–H and O–H groups in total. The van der Waals surface area contributed by atoms with Crippen LogP contribution in [-0.4, -0.2) is 23.1 Å². The molecule has 0 spiro atoms. The molecule has 18 heavy (non-hydrogen) atoms. The van der Waals surface area contributed by atoms with E-state index in [2.05, 4.69) is 0 Å². The Kier molecular flexibility index (Phi) is 4.95. The van der Waals surface area contributed by atoms with E-state index in [1.54, 1.807) is 0 Å². The molecule has 0 saturated carbocycles. The first-order chi connectivity index (χ1) is 8.40. The molecular weight excluding hydrogens is 279 g/mol. The fourth-order valence-corrected chi connectivity index (χ4v) is 1.26. The van der Waals surface area contributed by atoms with Crippen molar-refractivity contribution in [3.05, 3.63) is 46.5 Å². The highest BCUT2D eigenvalue weighted by Crippen LogP contribution is 2.16. The molecule has 2 aliphatic rings. The van der Waals surface area contributed by atoms with Gasteiger partial charge in [-0.1, -0.05) is 23.2 Å². The number of carbonyl (C=O) groups excluding carboxylic acids is 4. The van der Waals surface area contributed by atoms with Crippen LogP contribution in [-0.2, 0) is 19.2 Å². The van der Waals surface area contributed by atoms with Gasteiger partial charge in [0.25, 0.3) is 0 Å². The third-order valence-electron chi connectivity index (χ3n) is 1.81. The van der Waals surface area contributed by atoms with Crippen LogP contribution in [0.5, 0.6) is 0 Å². The summed E-state index contributed by atoms with van der Waals surface area (Å²) < 4.78 is 0. The van der Waals surface area contributed by atoms with Crippen LogP contribution in [0.1, 0.15) is 0 Å². The van der Waals surface area contributed by atoms with Gasteiger partial charge >= 0.3 is 0 Å². The molecule has 0 aromatic rings. The summed E-state index contributed by atoms with van der Waals surface area (Å²) in [6.07, 6.45) is 7.02. The average molecular weight is 285 g/mol. The van der Waals surface area contributed by atoms with Crippen molar-refractivity contribution in [2.75, 3.05) is 0 Å². The van der Waals surface area contributed by atoms with Gasteiger partial charge in [0.05, 0.1) is 10.1 Å². The number of rotatable bonds is 0. The predicted molar refractivity (Wildman–Crippen MR) is 66.2 cm³/mol. The van der Waals surface area contributed by atoms with E-state index in [0.29, 0.717) is 0 Å². The van der Waals surface area contributed by atoms with E-state index in [0.717, 1.165) is 12.2 Å². The maximum atomic E-state index is 10.6. The summed E-state index contributed by atoms with van der Waals surface area (Å²) in [4.78, 5) is 41.8. The third-order valence-corrected chi connectivity index (χ3v) is 2.40. The number of allylic oxidation sites excluding steroid dienone is 8. The lowest BCUT2D eigenvalue weighted by Crippen LogP contribution is -2.06. The van der Waals surface area contributed by atoms with E-state index >= 15 is 0 Å². The van der Waals surface area contributed by atoms with Gasteiger partial charge in [0.1, 0.15) is 0 Å². The second kappa shape index (κ2) is 6.23. The van der Waals surface area contributed by atoms with Crippen molar-refractivity contribution < 1.29 is 19.2 Å². The summed E-state index contributed by atoms with van der Waals surface area (Å²) in [5.74, 6) is -1.09. The molecule has 6 heteroatoms. The minimum absolute atomic E-state index is 0.0885. The molecule has 0 aromatic carbocycles. The molecule has 0 bridgehead atoms. The molecular formula is C12H6Cl2O4. The molecule has 4 nitrogen and oxygen atoms in total. The van der Waals surface area contributed by atoms with Gasteiger partial charge in [-0.15, -0.1) is 0 Å². The number of hydrogen-bond donors (Lipinski definition) is 0. The third kappa shape index (κ3) is 4.24. The fraction of sp³-hybridized carbons (Fsp3) is 0. The molecule has 0 aromatic heterocycles. The Balaban J connectivity index is 0.000000184. The van der Waals surface area contributed by atoms with E-state index in [1.807, 2.05) is 0 Å². The zero-order chi connectivity index (χ0) is 13.7. The monoisotopic (exact) mass is 284 g/mol. The molecule has 0 saturated heterocycles.